The minimum absolute atomic E-state index is 0.109. The van der Waals surface area contributed by atoms with Crippen molar-refractivity contribution in [3.8, 4) is 4.97 Å². The van der Waals surface area contributed by atoms with Crippen molar-refractivity contribution in [2.24, 2.45) is 34.5 Å². The number of allylic oxidation sites excluding steroid dienone is 4. The average Bonchev–Trinajstić information content (AvgIpc) is 3.25. The zero-order valence-electron chi connectivity index (χ0n) is 20.5. The van der Waals surface area contributed by atoms with Crippen LogP contribution < -0.4 is 0 Å². The van der Waals surface area contributed by atoms with Crippen molar-refractivity contribution >= 4 is 15.0 Å². The van der Waals surface area contributed by atoms with Crippen molar-refractivity contribution in [1.82, 2.24) is 0 Å². The van der Waals surface area contributed by atoms with Crippen LogP contribution in [0.5, 0.6) is 0 Å². The summed E-state index contributed by atoms with van der Waals surface area (Å²) in [4.78, 5) is 2.33. The first-order valence-electron chi connectivity index (χ1n) is 12.8. The van der Waals surface area contributed by atoms with E-state index in [9.17, 15) is 10.2 Å². The van der Waals surface area contributed by atoms with Gasteiger partial charge >= 0.3 is 158 Å². The van der Waals surface area contributed by atoms with E-state index in [1.807, 2.05) is 0 Å². The van der Waals surface area contributed by atoms with Crippen LogP contribution in [0, 0.1) is 44.7 Å². The van der Waals surface area contributed by atoms with E-state index in [2.05, 4.69) is 44.8 Å². The van der Waals surface area contributed by atoms with E-state index in [1.165, 1.54) is 28.9 Å². The van der Waals surface area contributed by atoms with Crippen LogP contribution in [0.2, 0.25) is 5.32 Å². The number of nitrogens with zero attached hydrogens (tertiary/aromatic N) is 1. The third-order valence-electron chi connectivity index (χ3n) is 10.2. The molecule has 1 unspecified atom stereocenters. The molecular weight excluding hydrogens is 477 g/mol. The molecule has 0 aromatic rings. The SMILES string of the molecule is CC1=C(CCC(C)C[Se]C#N)O[C@H]2C[C@H]3C4=CC=C5C[C@@H](O)C[C@H](O)[C@]5(C)[C@H]4CC[C@]3(C)[C@@H]12. The molecule has 5 rings (SSSR count). The van der Waals surface area contributed by atoms with Crippen molar-refractivity contribution in [3.63, 3.8) is 0 Å². The van der Waals surface area contributed by atoms with Gasteiger partial charge in [-0.15, -0.1) is 0 Å². The molecule has 9 atom stereocenters. The van der Waals surface area contributed by atoms with Gasteiger partial charge in [-0.1, -0.05) is 12.5 Å². The Bertz CT molecular complexity index is 947. The van der Waals surface area contributed by atoms with Gasteiger partial charge in [0.25, 0.3) is 0 Å². The third-order valence-corrected chi connectivity index (χ3v) is 12.0. The Morgan fingerprint density at radius 1 is 1.24 bits per heavy atom. The number of rotatable bonds is 5. The predicted molar refractivity (Wildman–Crippen MR) is 130 cm³/mol. The van der Waals surface area contributed by atoms with E-state index < -0.39 is 12.2 Å². The number of hydrogen-bond acceptors (Lipinski definition) is 4. The molecular formula is C28H39NO3Se. The van der Waals surface area contributed by atoms with Crippen LogP contribution in [-0.4, -0.2) is 43.5 Å². The summed E-state index contributed by atoms with van der Waals surface area (Å²) in [7, 11) is 0. The van der Waals surface area contributed by atoms with Gasteiger partial charge < -0.3 is 10.2 Å². The molecule has 1 aliphatic heterocycles. The quantitative estimate of drug-likeness (QED) is 0.498. The van der Waals surface area contributed by atoms with Gasteiger partial charge in [-0.2, -0.15) is 0 Å². The summed E-state index contributed by atoms with van der Waals surface area (Å²) in [6.45, 7) is 9.32. The molecule has 5 aliphatic rings. The summed E-state index contributed by atoms with van der Waals surface area (Å²) < 4.78 is 6.65. The van der Waals surface area contributed by atoms with Crippen LogP contribution in [0.25, 0.3) is 0 Å². The Morgan fingerprint density at radius 3 is 2.79 bits per heavy atom. The molecule has 0 bridgehead atoms. The van der Waals surface area contributed by atoms with E-state index >= 15 is 0 Å². The van der Waals surface area contributed by atoms with Gasteiger partial charge in [0.1, 0.15) is 0 Å². The molecule has 180 valence electrons. The fourth-order valence-corrected chi connectivity index (χ4v) is 9.38. The van der Waals surface area contributed by atoms with E-state index in [0.717, 1.165) is 31.0 Å². The monoisotopic (exact) mass is 517 g/mol. The average molecular weight is 517 g/mol. The van der Waals surface area contributed by atoms with Crippen LogP contribution in [0.3, 0.4) is 0 Å². The fourth-order valence-electron chi connectivity index (χ4n) is 8.28. The van der Waals surface area contributed by atoms with E-state index in [0.29, 0.717) is 36.5 Å². The Hall–Kier alpha value is -1.05. The molecule has 0 amide bonds. The Kier molecular flexibility index (Phi) is 6.14. The number of aliphatic hydroxyl groups excluding tert-OH is 2. The van der Waals surface area contributed by atoms with Crippen molar-refractivity contribution in [2.75, 3.05) is 0 Å². The molecule has 0 saturated heterocycles. The molecule has 4 nitrogen and oxygen atoms in total. The molecule has 4 aliphatic carbocycles. The number of aliphatic hydroxyl groups is 2. The van der Waals surface area contributed by atoms with Gasteiger partial charge in [-0.05, 0) is 6.42 Å². The summed E-state index contributed by atoms with van der Waals surface area (Å²) in [6, 6.07) is 0. The molecule has 33 heavy (non-hydrogen) atoms. The standard InChI is InChI=1S/C28H39NO3Se/c1-16(14-33-15-29)5-8-23-17(2)26-24(32-23)13-22-20-7-6-18-11-19(30)12-25(31)28(18,4)21(20)9-10-27(22,26)3/h6-7,16,19,21-22,24-26,30-31H,5,8-14H2,1-4H3/t16?,19-,21+,22+,24+,25+,26+,27+,28+/m1/s1. The summed E-state index contributed by atoms with van der Waals surface area (Å²) in [5.74, 6) is 3.19. The molecule has 1 heterocycles. The van der Waals surface area contributed by atoms with E-state index in [4.69, 9.17) is 10.00 Å². The van der Waals surface area contributed by atoms with Gasteiger partial charge in [0, 0.05) is 6.42 Å². The molecule has 0 radical (unpaired) electrons. The number of hydrogen-bond donors (Lipinski definition) is 2. The van der Waals surface area contributed by atoms with Gasteiger partial charge in [0.15, 0.2) is 0 Å². The predicted octanol–water partition coefficient (Wildman–Crippen LogP) is 5.12. The van der Waals surface area contributed by atoms with Crippen LogP contribution >= 0.6 is 0 Å². The Morgan fingerprint density at radius 2 is 2.03 bits per heavy atom. The molecule has 2 N–H and O–H groups in total. The first-order chi connectivity index (χ1) is 15.7. The first-order valence-corrected chi connectivity index (χ1v) is 14.9. The van der Waals surface area contributed by atoms with Gasteiger partial charge in [0.2, 0.25) is 0 Å². The molecule has 3 saturated carbocycles. The summed E-state index contributed by atoms with van der Waals surface area (Å²) in [5.41, 5.74) is 4.23. The van der Waals surface area contributed by atoms with Crippen LogP contribution in [0.1, 0.15) is 72.6 Å². The van der Waals surface area contributed by atoms with Crippen LogP contribution in [-0.2, 0) is 4.74 Å². The van der Waals surface area contributed by atoms with Gasteiger partial charge in [-0.3, -0.25) is 0 Å². The molecule has 5 heteroatoms. The second kappa shape index (κ2) is 8.56. The van der Waals surface area contributed by atoms with Crippen LogP contribution in [0.4, 0.5) is 0 Å². The summed E-state index contributed by atoms with van der Waals surface area (Å²) >= 11 is 0.109. The van der Waals surface area contributed by atoms with Crippen LogP contribution in [0.15, 0.2) is 34.6 Å². The van der Waals surface area contributed by atoms with E-state index in [-0.39, 0.29) is 31.9 Å². The molecule has 0 spiro atoms. The Balaban J connectivity index is 1.38. The zero-order valence-corrected chi connectivity index (χ0v) is 22.2. The maximum atomic E-state index is 11.1. The third kappa shape index (κ3) is 3.59. The Labute approximate surface area is 205 Å². The van der Waals surface area contributed by atoms with Crippen molar-refractivity contribution < 1.29 is 14.9 Å². The maximum absolute atomic E-state index is 11.1. The summed E-state index contributed by atoms with van der Waals surface area (Å²) in [5, 5.41) is 31.3. The topological polar surface area (TPSA) is 73.5 Å². The fraction of sp³-hybridized carbons (Fsp3) is 0.750. The normalized spacial score (nSPS) is 44.5. The van der Waals surface area contributed by atoms with Gasteiger partial charge in [-0.25, -0.2) is 0 Å². The first kappa shape index (κ1) is 23.7. The van der Waals surface area contributed by atoms with Crippen molar-refractivity contribution in [1.29, 1.82) is 5.26 Å². The van der Waals surface area contributed by atoms with Crippen molar-refractivity contribution in [3.05, 3.63) is 34.6 Å². The number of ether oxygens (including phenoxy) is 1. The minimum atomic E-state index is -0.472. The molecule has 0 aromatic heterocycles. The number of nitriles is 1. The second-order valence-electron chi connectivity index (χ2n) is 11.9. The van der Waals surface area contributed by atoms with Crippen molar-refractivity contribution in [2.45, 2.75) is 96.3 Å². The molecule has 3 fully saturated rings. The van der Waals surface area contributed by atoms with Gasteiger partial charge in [0.05, 0.1) is 12.2 Å². The summed E-state index contributed by atoms with van der Waals surface area (Å²) in [6.07, 6.45) is 10.6. The van der Waals surface area contributed by atoms with E-state index in [1.54, 1.807) is 0 Å². The number of fused-ring (bicyclic) bond motifs is 7. The molecule has 0 aromatic carbocycles. The zero-order chi connectivity index (χ0) is 23.5. The second-order valence-corrected chi connectivity index (χ2v) is 13.6.